The van der Waals surface area contributed by atoms with Crippen LogP contribution in [0.2, 0.25) is 0 Å². The van der Waals surface area contributed by atoms with Gasteiger partial charge in [0.25, 0.3) is 5.91 Å². The number of nitro benzene ring substituents is 1. The van der Waals surface area contributed by atoms with E-state index in [9.17, 15) is 19.7 Å². The van der Waals surface area contributed by atoms with Gasteiger partial charge in [-0.05, 0) is 12.5 Å². The van der Waals surface area contributed by atoms with Gasteiger partial charge in [0.1, 0.15) is 0 Å². The fourth-order valence-corrected chi connectivity index (χ4v) is 1.34. The molecule has 0 saturated heterocycles. The Bertz CT molecular complexity index is 504. The molecule has 0 spiro atoms. The van der Waals surface area contributed by atoms with Crippen LogP contribution in [0.15, 0.2) is 24.3 Å². The van der Waals surface area contributed by atoms with Crippen molar-refractivity contribution in [2.75, 3.05) is 6.61 Å². The highest BCUT2D eigenvalue weighted by atomic mass is 16.6. The van der Waals surface area contributed by atoms with Gasteiger partial charge in [0.05, 0.1) is 4.92 Å². The molecule has 0 aliphatic rings. The van der Waals surface area contributed by atoms with Crippen molar-refractivity contribution in [3.8, 4) is 5.75 Å². The summed E-state index contributed by atoms with van der Waals surface area (Å²) in [5.74, 6) is -0.924. The summed E-state index contributed by atoms with van der Waals surface area (Å²) in [6, 6.07) is 5.72. The van der Waals surface area contributed by atoms with Gasteiger partial charge in [0, 0.05) is 12.5 Å². The number of hydrogen-bond donors (Lipinski definition) is 2. The third-order valence-corrected chi connectivity index (χ3v) is 2.24. The first kappa shape index (κ1) is 15.4. The van der Waals surface area contributed by atoms with Gasteiger partial charge in [-0.3, -0.25) is 30.6 Å². The molecule has 0 aromatic heterocycles. The van der Waals surface area contributed by atoms with Crippen LogP contribution in [0.5, 0.6) is 5.75 Å². The first-order chi connectivity index (χ1) is 9.54. The van der Waals surface area contributed by atoms with Gasteiger partial charge in [-0.25, -0.2) is 0 Å². The molecule has 0 bridgehead atoms. The van der Waals surface area contributed by atoms with E-state index >= 15 is 0 Å². The molecule has 0 saturated carbocycles. The lowest BCUT2D eigenvalue weighted by molar-refractivity contribution is -0.385. The molecule has 2 N–H and O–H groups in total. The number of rotatable bonds is 6. The Kier molecular flexibility index (Phi) is 5.95. The van der Waals surface area contributed by atoms with Crippen molar-refractivity contribution in [2.24, 2.45) is 0 Å². The van der Waals surface area contributed by atoms with Crippen molar-refractivity contribution in [1.29, 1.82) is 0 Å². The van der Waals surface area contributed by atoms with Crippen molar-refractivity contribution in [1.82, 2.24) is 10.9 Å². The number of ether oxygens (including phenoxy) is 1. The molecule has 0 heterocycles. The maximum Gasteiger partial charge on any atom is 0.310 e. The Morgan fingerprint density at radius 3 is 2.55 bits per heavy atom. The Hall–Kier alpha value is -2.64. The first-order valence-corrected chi connectivity index (χ1v) is 5.98. The molecule has 0 aliphatic carbocycles. The SMILES string of the molecule is CCCC(=O)NNC(=O)COc1ccccc1[N+](=O)[O-]. The highest BCUT2D eigenvalue weighted by molar-refractivity contribution is 5.82. The van der Waals surface area contributed by atoms with Crippen LogP contribution in [-0.2, 0) is 9.59 Å². The number of carbonyl (C=O) groups excluding carboxylic acids is 2. The summed E-state index contributed by atoms with van der Waals surface area (Å²) in [6.45, 7) is 1.40. The quantitative estimate of drug-likeness (QED) is 0.595. The molecule has 20 heavy (non-hydrogen) atoms. The van der Waals surface area contributed by atoms with Crippen LogP contribution < -0.4 is 15.6 Å². The van der Waals surface area contributed by atoms with E-state index in [1.165, 1.54) is 18.2 Å². The summed E-state index contributed by atoms with van der Waals surface area (Å²) in [5.41, 5.74) is 4.13. The van der Waals surface area contributed by atoms with E-state index in [0.717, 1.165) is 0 Å². The topological polar surface area (TPSA) is 111 Å². The maximum absolute atomic E-state index is 11.4. The molecule has 108 valence electrons. The summed E-state index contributed by atoms with van der Waals surface area (Å²) in [6.07, 6.45) is 0.958. The molecular weight excluding hydrogens is 266 g/mol. The Morgan fingerprint density at radius 1 is 1.25 bits per heavy atom. The Balaban J connectivity index is 2.45. The van der Waals surface area contributed by atoms with Crippen LogP contribution in [0.4, 0.5) is 5.69 Å². The lowest BCUT2D eigenvalue weighted by Crippen LogP contribution is -2.43. The van der Waals surface area contributed by atoms with Crippen molar-refractivity contribution in [2.45, 2.75) is 19.8 Å². The minimum atomic E-state index is -0.604. The number of amides is 2. The number of hydrogen-bond acceptors (Lipinski definition) is 5. The van der Waals surface area contributed by atoms with Crippen molar-refractivity contribution >= 4 is 17.5 Å². The van der Waals surface area contributed by atoms with Crippen molar-refractivity contribution in [3.05, 3.63) is 34.4 Å². The van der Waals surface area contributed by atoms with E-state index in [-0.39, 0.29) is 17.3 Å². The van der Waals surface area contributed by atoms with Crippen molar-refractivity contribution in [3.63, 3.8) is 0 Å². The smallest absolute Gasteiger partial charge is 0.310 e. The molecule has 0 radical (unpaired) electrons. The zero-order valence-electron chi connectivity index (χ0n) is 10.9. The van der Waals surface area contributed by atoms with Crippen LogP contribution in [-0.4, -0.2) is 23.3 Å². The molecule has 0 unspecified atom stereocenters. The van der Waals surface area contributed by atoms with Gasteiger partial charge in [-0.1, -0.05) is 19.1 Å². The van der Waals surface area contributed by atoms with Gasteiger partial charge in [0.2, 0.25) is 5.91 Å². The Labute approximate surface area is 115 Å². The largest absolute Gasteiger partial charge is 0.477 e. The van der Waals surface area contributed by atoms with Crippen LogP contribution in [0.3, 0.4) is 0 Å². The fraction of sp³-hybridized carbons (Fsp3) is 0.333. The monoisotopic (exact) mass is 281 g/mol. The molecule has 0 fully saturated rings. The highest BCUT2D eigenvalue weighted by Crippen LogP contribution is 2.25. The number of benzene rings is 1. The summed E-state index contributed by atoms with van der Waals surface area (Å²) in [5, 5.41) is 10.7. The third-order valence-electron chi connectivity index (χ3n) is 2.24. The second-order valence-corrected chi connectivity index (χ2v) is 3.86. The average Bonchev–Trinajstić information content (AvgIpc) is 2.43. The van der Waals surface area contributed by atoms with E-state index in [4.69, 9.17) is 4.74 Å². The Morgan fingerprint density at radius 2 is 1.90 bits per heavy atom. The van der Waals surface area contributed by atoms with Gasteiger partial charge in [-0.2, -0.15) is 0 Å². The predicted molar refractivity (Wildman–Crippen MR) is 69.8 cm³/mol. The van der Waals surface area contributed by atoms with Crippen molar-refractivity contribution < 1.29 is 19.2 Å². The van der Waals surface area contributed by atoms with Crippen LogP contribution in [0.25, 0.3) is 0 Å². The van der Waals surface area contributed by atoms with E-state index in [0.29, 0.717) is 12.8 Å². The highest BCUT2D eigenvalue weighted by Gasteiger charge is 2.14. The number of carbonyl (C=O) groups is 2. The standard InChI is InChI=1S/C12H15N3O5/c1-2-5-11(16)13-14-12(17)8-20-10-7-4-3-6-9(10)15(18)19/h3-4,6-7H,2,5,8H2,1H3,(H,13,16)(H,14,17). The lowest BCUT2D eigenvalue weighted by Gasteiger charge is -2.08. The van der Waals surface area contributed by atoms with E-state index < -0.39 is 17.4 Å². The minimum absolute atomic E-state index is 0.00691. The average molecular weight is 281 g/mol. The van der Waals surface area contributed by atoms with Gasteiger partial charge >= 0.3 is 5.69 Å². The van der Waals surface area contributed by atoms with Crippen LogP contribution >= 0.6 is 0 Å². The van der Waals surface area contributed by atoms with Crippen LogP contribution in [0, 0.1) is 10.1 Å². The first-order valence-electron chi connectivity index (χ1n) is 5.98. The zero-order chi connectivity index (χ0) is 15.0. The molecule has 1 aromatic carbocycles. The fourth-order valence-electron chi connectivity index (χ4n) is 1.34. The van der Waals surface area contributed by atoms with Gasteiger partial charge in [-0.15, -0.1) is 0 Å². The summed E-state index contributed by atoms with van der Waals surface area (Å²) < 4.78 is 5.05. The van der Waals surface area contributed by atoms with E-state index in [2.05, 4.69) is 10.9 Å². The lowest BCUT2D eigenvalue weighted by atomic mass is 10.3. The summed E-state index contributed by atoms with van der Waals surface area (Å²) >= 11 is 0. The molecule has 8 nitrogen and oxygen atoms in total. The number of nitro groups is 1. The van der Waals surface area contributed by atoms with E-state index in [1.54, 1.807) is 6.07 Å². The zero-order valence-corrected chi connectivity index (χ0v) is 10.9. The second kappa shape index (κ2) is 7.72. The summed E-state index contributed by atoms with van der Waals surface area (Å²) in [4.78, 5) is 32.6. The normalized spacial score (nSPS) is 9.65. The van der Waals surface area contributed by atoms with E-state index in [1.807, 2.05) is 6.92 Å². The number of para-hydroxylation sites is 2. The number of nitrogens with one attached hydrogen (secondary N) is 2. The second-order valence-electron chi connectivity index (χ2n) is 3.86. The third kappa shape index (κ3) is 4.92. The molecule has 1 aromatic rings. The predicted octanol–water partition coefficient (Wildman–Crippen LogP) is 0.921. The molecular formula is C12H15N3O5. The molecule has 0 atom stereocenters. The minimum Gasteiger partial charge on any atom is -0.477 e. The molecule has 1 rings (SSSR count). The van der Waals surface area contributed by atoms with Crippen LogP contribution in [0.1, 0.15) is 19.8 Å². The number of nitrogens with zero attached hydrogens (tertiary/aromatic N) is 1. The molecule has 0 aliphatic heterocycles. The number of hydrazine groups is 1. The summed E-state index contributed by atoms with van der Waals surface area (Å²) in [7, 11) is 0. The van der Waals surface area contributed by atoms with Gasteiger partial charge < -0.3 is 4.74 Å². The molecule has 2 amide bonds. The maximum atomic E-state index is 11.4. The van der Waals surface area contributed by atoms with Gasteiger partial charge in [0.15, 0.2) is 12.4 Å². The molecule has 8 heteroatoms.